The number of hydrogen-bond donors (Lipinski definition) is 3. The average molecular weight is 499 g/mol. The van der Waals surface area contributed by atoms with Crippen LogP contribution in [-0.4, -0.2) is 56.6 Å². The highest BCUT2D eigenvalue weighted by Gasteiger charge is 2.17. The fraction of sp³-hybridized carbons (Fsp3) is 0.233. The molecule has 0 bridgehead atoms. The molecular formula is C30H30N2O5. The highest BCUT2D eigenvalue weighted by atomic mass is 16.5. The first-order valence-electron chi connectivity index (χ1n) is 11.9. The van der Waals surface area contributed by atoms with E-state index in [1.807, 2.05) is 54.7 Å². The van der Waals surface area contributed by atoms with Gasteiger partial charge in [0.05, 0.1) is 26.9 Å². The number of ether oxygens (including phenoxy) is 3. The molecule has 4 rings (SSSR count). The molecule has 0 unspecified atom stereocenters. The van der Waals surface area contributed by atoms with E-state index in [0.717, 1.165) is 27.6 Å². The van der Waals surface area contributed by atoms with Crippen LogP contribution in [0.1, 0.15) is 21.5 Å². The second kappa shape index (κ2) is 12.1. The van der Waals surface area contributed by atoms with Crippen LogP contribution in [0.5, 0.6) is 11.5 Å². The van der Waals surface area contributed by atoms with E-state index in [0.29, 0.717) is 29.0 Å². The van der Waals surface area contributed by atoms with Gasteiger partial charge in [-0.1, -0.05) is 36.1 Å². The summed E-state index contributed by atoms with van der Waals surface area (Å²) >= 11 is 0. The molecule has 0 saturated heterocycles. The van der Waals surface area contributed by atoms with E-state index in [-0.39, 0.29) is 19.1 Å². The third-order valence-electron chi connectivity index (χ3n) is 6.06. The first kappa shape index (κ1) is 25.8. The van der Waals surface area contributed by atoms with E-state index < -0.39 is 6.04 Å². The zero-order chi connectivity index (χ0) is 26.2. The molecule has 1 amide bonds. The minimum absolute atomic E-state index is 0.193. The molecule has 7 nitrogen and oxygen atoms in total. The van der Waals surface area contributed by atoms with Gasteiger partial charge in [0.15, 0.2) is 11.5 Å². The van der Waals surface area contributed by atoms with Gasteiger partial charge in [0.2, 0.25) is 0 Å². The molecule has 1 heterocycles. The van der Waals surface area contributed by atoms with Gasteiger partial charge in [0.1, 0.15) is 6.61 Å². The number of hydrogen-bond acceptors (Lipinski definition) is 5. The highest BCUT2D eigenvalue weighted by Crippen LogP contribution is 2.33. The van der Waals surface area contributed by atoms with Crippen molar-refractivity contribution in [3.63, 3.8) is 0 Å². The van der Waals surface area contributed by atoms with Crippen molar-refractivity contribution in [3.8, 4) is 34.5 Å². The fourth-order valence-corrected chi connectivity index (χ4v) is 4.22. The van der Waals surface area contributed by atoms with Gasteiger partial charge in [-0.05, 0) is 59.5 Å². The Bertz CT molecular complexity index is 1450. The van der Waals surface area contributed by atoms with Gasteiger partial charge >= 0.3 is 0 Å². The Labute approximate surface area is 216 Å². The number of carbonyl (C=O) groups is 1. The van der Waals surface area contributed by atoms with Crippen LogP contribution in [0.2, 0.25) is 0 Å². The largest absolute Gasteiger partial charge is 0.493 e. The monoisotopic (exact) mass is 498 g/mol. The quantitative estimate of drug-likeness (QED) is 0.301. The number of para-hydroxylation sites is 1. The van der Waals surface area contributed by atoms with E-state index >= 15 is 0 Å². The molecule has 0 aliphatic rings. The zero-order valence-electron chi connectivity index (χ0n) is 21.1. The van der Waals surface area contributed by atoms with Crippen molar-refractivity contribution in [2.45, 2.75) is 12.5 Å². The molecule has 0 spiro atoms. The lowest BCUT2D eigenvalue weighted by Gasteiger charge is -2.17. The normalized spacial score (nSPS) is 11.5. The Balaban J connectivity index is 1.63. The number of amides is 1. The van der Waals surface area contributed by atoms with E-state index in [9.17, 15) is 9.90 Å². The molecule has 0 fully saturated rings. The maximum atomic E-state index is 13.3. The van der Waals surface area contributed by atoms with Crippen LogP contribution in [0, 0.1) is 11.8 Å². The second-order valence-electron chi connectivity index (χ2n) is 8.52. The molecule has 1 atom stereocenters. The van der Waals surface area contributed by atoms with Gasteiger partial charge in [-0.15, -0.1) is 0 Å². The van der Waals surface area contributed by atoms with E-state index in [1.165, 1.54) is 0 Å². The lowest BCUT2D eigenvalue weighted by atomic mass is 9.98. The SMILES string of the molecule is COCC#Cc1cc(C(=O)N[C@@H](CO)Cc2c[nH]c3ccccc23)cc(-c2ccc(OC)c(OC)c2)c1. The summed E-state index contributed by atoms with van der Waals surface area (Å²) < 4.78 is 15.9. The molecule has 1 aromatic heterocycles. The fourth-order valence-electron chi connectivity index (χ4n) is 4.22. The average Bonchev–Trinajstić information content (AvgIpc) is 3.34. The summed E-state index contributed by atoms with van der Waals surface area (Å²) in [5.74, 6) is 6.91. The van der Waals surface area contributed by atoms with Gasteiger partial charge < -0.3 is 29.6 Å². The van der Waals surface area contributed by atoms with Crippen LogP contribution in [0.3, 0.4) is 0 Å². The number of carbonyl (C=O) groups excluding carboxylic acids is 1. The number of nitrogens with one attached hydrogen (secondary N) is 2. The van der Waals surface area contributed by atoms with Crippen molar-refractivity contribution in [1.29, 1.82) is 0 Å². The lowest BCUT2D eigenvalue weighted by Crippen LogP contribution is -2.39. The third-order valence-corrected chi connectivity index (χ3v) is 6.06. The van der Waals surface area contributed by atoms with Crippen molar-refractivity contribution in [3.05, 3.63) is 83.6 Å². The molecule has 0 aliphatic heterocycles. The molecule has 37 heavy (non-hydrogen) atoms. The Hall–Kier alpha value is -4.25. The van der Waals surface area contributed by atoms with Crippen LogP contribution >= 0.6 is 0 Å². The summed E-state index contributed by atoms with van der Waals surface area (Å²) in [6.07, 6.45) is 2.41. The van der Waals surface area contributed by atoms with Gasteiger partial charge in [-0.3, -0.25) is 4.79 Å². The van der Waals surface area contributed by atoms with E-state index in [2.05, 4.69) is 22.1 Å². The number of H-pyrrole nitrogens is 1. The Morgan fingerprint density at radius 2 is 1.81 bits per heavy atom. The molecule has 190 valence electrons. The number of benzene rings is 3. The molecule has 0 radical (unpaired) electrons. The number of aromatic nitrogens is 1. The van der Waals surface area contributed by atoms with E-state index in [4.69, 9.17) is 14.2 Å². The summed E-state index contributed by atoms with van der Waals surface area (Å²) in [6.45, 7) is 0.0838. The van der Waals surface area contributed by atoms with Crippen LogP contribution < -0.4 is 14.8 Å². The maximum Gasteiger partial charge on any atom is 0.251 e. The third kappa shape index (κ3) is 6.12. The van der Waals surface area contributed by atoms with Crippen molar-refractivity contribution >= 4 is 16.8 Å². The van der Waals surface area contributed by atoms with E-state index in [1.54, 1.807) is 33.5 Å². The summed E-state index contributed by atoms with van der Waals surface area (Å²) in [5, 5.41) is 14.1. The molecule has 0 aliphatic carbocycles. The lowest BCUT2D eigenvalue weighted by molar-refractivity contribution is 0.0916. The standard InChI is InChI=1S/C30H30N2O5/c1-35-12-6-7-20-13-22(21-10-11-28(36-2)29(17-21)37-3)15-23(14-20)30(34)32-25(19-33)16-24-18-31-27-9-5-4-8-26(24)27/h4-5,8-11,13-15,17-18,25,31,33H,12,16,19H2,1-3H3,(H,32,34)/t25-/m1/s1. The zero-order valence-corrected chi connectivity index (χ0v) is 21.1. The molecular weight excluding hydrogens is 468 g/mol. The predicted octanol–water partition coefficient (Wildman–Crippen LogP) is 4.18. The van der Waals surface area contributed by atoms with Gasteiger partial charge in [0, 0.05) is 35.3 Å². The van der Waals surface area contributed by atoms with Gasteiger partial charge in [0.25, 0.3) is 5.91 Å². The highest BCUT2D eigenvalue weighted by molar-refractivity contribution is 5.96. The topological polar surface area (TPSA) is 92.8 Å². The Morgan fingerprint density at radius 3 is 2.57 bits per heavy atom. The van der Waals surface area contributed by atoms with Crippen LogP contribution in [0.25, 0.3) is 22.0 Å². The minimum Gasteiger partial charge on any atom is -0.493 e. The summed E-state index contributed by atoms with van der Waals surface area (Å²) in [4.78, 5) is 16.6. The van der Waals surface area contributed by atoms with Crippen LogP contribution in [-0.2, 0) is 11.2 Å². The first-order chi connectivity index (χ1) is 18.1. The first-order valence-corrected chi connectivity index (χ1v) is 11.9. The molecule has 4 aromatic rings. The van der Waals surface area contributed by atoms with Crippen LogP contribution in [0.15, 0.2) is 66.9 Å². The van der Waals surface area contributed by atoms with Crippen molar-refractivity contribution in [1.82, 2.24) is 10.3 Å². The number of aromatic amines is 1. The number of rotatable bonds is 9. The molecule has 3 N–H and O–H groups in total. The summed E-state index contributed by atoms with van der Waals surface area (Å²) in [6, 6.07) is 18.5. The second-order valence-corrected chi connectivity index (χ2v) is 8.52. The van der Waals surface area contributed by atoms with Crippen molar-refractivity contribution in [2.24, 2.45) is 0 Å². The predicted molar refractivity (Wildman–Crippen MR) is 144 cm³/mol. The van der Waals surface area contributed by atoms with Crippen molar-refractivity contribution < 1.29 is 24.1 Å². The molecule has 0 saturated carbocycles. The summed E-state index contributed by atoms with van der Waals surface area (Å²) in [7, 11) is 4.74. The number of methoxy groups -OCH3 is 3. The number of fused-ring (bicyclic) bond motifs is 1. The molecule has 3 aromatic carbocycles. The number of aliphatic hydroxyl groups is 1. The molecule has 7 heteroatoms. The number of aliphatic hydroxyl groups excluding tert-OH is 1. The Morgan fingerprint density at radius 1 is 1.00 bits per heavy atom. The minimum atomic E-state index is -0.459. The summed E-state index contributed by atoms with van der Waals surface area (Å²) in [5.41, 5.74) is 4.80. The van der Waals surface area contributed by atoms with Gasteiger partial charge in [-0.25, -0.2) is 0 Å². The maximum absolute atomic E-state index is 13.3. The Kier molecular flexibility index (Phi) is 8.47. The van der Waals surface area contributed by atoms with Crippen LogP contribution in [0.4, 0.5) is 0 Å². The smallest absolute Gasteiger partial charge is 0.251 e. The van der Waals surface area contributed by atoms with Gasteiger partial charge in [-0.2, -0.15) is 0 Å². The van der Waals surface area contributed by atoms with Crippen molar-refractivity contribution in [2.75, 3.05) is 34.5 Å².